The maximum absolute atomic E-state index is 12.4. The van der Waals surface area contributed by atoms with Crippen molar-refractivity contribution in [2.24, 2.45) is 7.05 Å². The molecule has 0 radical (unpaired) electrons. The second kappa shape index (κ2) is 7.15. The van der Waals surface area contributed by atoms with Crippen molar-refractivity contribution < 1.29 is 9.32 Å². The molecule has 2 aromatic heterocycles. The van der Waals surface area contributed by atoms with Crippen LogP contribution in [-0.2, 0) is 26.3 Å². The molecule has 0 atom stereocenters. The predicted molar refractivity (Wildman–Crippen MR) is 97.8 cm³/mol. The SMILES string of the molecule is Cn1cc(-c2ccc(CCNC(=O)c3noc4c3CCCC4)cc2)cn1. The van der Waals surface area contributed by atoms with Gasteiger partial charge in [0, 0.05) is 37.3 Å². The van der Waals surface area contributed by atoms with E-state index in [1.807, 2.05) is 19.4 Å². The zero-order valence-corrected chi connectivity index (χ0v) is 14.9. The van der Waals surface area contributed by atoms with E-state index in [4.69, 9.17) is 4.52 Å². The first kappa shape index (κ1) is 16.6. The lowest BCUT2D eigenvalue weighted by Crippen LogP contribution is -2.27. The summed E-state index contributed by atoms with van der Waals surface area (Å²) in [6, 6.07) is 8.35. The number of aryl methyl sites for hydroxylation is 2. The predicted octanol–water partition coefficient (Wildman–Crippen LogP) is 2.93. The number of fused-ring (bicyclic) bond motifs is 1. The van der Waals surface area contributed by atoms with Crippen LogP contribution in [0.2, 0.25) is 0 Å². The molecule has 134 valence electrons. The van der Waals surface area contributed by atoms with Crippen LogP contribution in [0.5, 0.6) is 0 Å². The second-order valence-corrected chi connectivity index (χ2v) is 6.75. The second-order valence-electron chi connectivity index (χ2n) is 6.75. The fourth-order valence-corrected chi connectivity index (χ4v) is 3.40. The van der Waals surface area contributed by atoms with Crippen molar-refractivity contribution in [3.8, 4) is 11.1 Å². The fourth-order valence-electron chi connectivity index (χ4n) is 3.40. The van der Waals surface area contributed by atoms with Gasteiger partial charge in [0.15, 0.2) is 5.69 Å². The first-order valence-corrected chi connectivity index (χ1v) is 9.04. The quantitative estimate of drug-likeness (QED) is 0.768. The van der Waals surface area contributed by atoms with Gasteiger partial charge >= 0.3 is 0 Å². The molecule has 1 aliphatic rings. The summed E-state index contributed by atoms with van der Waals surface area (Å²) in [5, 5.41) is 11.1. The van der Waals surface area contributed by atoms with Crippen LogP contribution < -0.4 is 5.32 Å². The Bertz CT molecular complexity index is 908. The lowest BCUT2D eigenvalue weighted by molar-refractivity contribution is 0.0944. The molecule has 6 heteroatoms. The molecule has 0 unspecified atom stereocenters. The van der Waals surface area contributed by atoms with Crippen molar-refractivity contribution >= 4 is 5.91 Å². The van der Waals surface area contributed by atoms with Crippen LogP contribution in [0.1, 0.15) is 40.2 Å². The van der Waals surface area contributed by atoms with Gasteiger partial charge in [-0.05, 0) is 36.8 Å². The van der Waals surface area contributed by atoms with Gasteiger partial charge in [-0.1, -0.05) is 29.4 Å². The average molecular weight is 350 g/mol. The highest BCUT2D eigenvalue weighted by Crippen LogP contribution is 2.24. The molecule has 4 rings (SSSR count). The standard InChI is InChI=1S/C20H22N4O2/c1-24-13-16(12-22-24)15-8-6-14(7-9-15)10-11-21-20(25)19-17-4-2-3-5-18(17)26-23-19/h6-9,12-13H,2-5,10-11H2,1H3,(H,21,25). The van der Waals surface area contributed by atoms with Crippen LogP contribution in [-0.4, -0.2) is 27.4 Å². The topological polar surface area (TPSA) is 73.0 Å². The van der Waals surface area contributed by atoms with Crippen LogP contribution in [0.3, 0.4) is 0 Å². The van der Waals surface area contributed by atoms with Crippen molar-refractivity contribution in [2.75, 3.05) is 6.54 Å². The average Bonchev–Trinajstić information content (AvgIpc) is 3.28. The molecule has 0 bridgehead atoms. The molecule has 0 saturated carbocycles. The number of nitrogens with one attached hydrogen (secondary N) is 1. The smallest absolute Gasteiger partial charge is 0.273 e. The summed E-state index contributed by atoms with van der Waals surface area (Å²) in [5.74, 6) is 0.747. The number of hydrogen-bond donors (Lipinski definition) is 1. The van der Waals surface area contributed by atoms with Crippen LogP contribution >= 0.6 is 0 Å². The molecule has 0 saturated heterocycles. The van der Waals surface area contributed by atoms with E-state index in [-0.39, 0.29) is 5.91 Å². The maximum Gasteiger partial charge on any atom is 0.273 e. The van der Waals surface area contributed by atoms with E-state index in [9.17, 15) is 4.79 Å². The lowest BCUT2D eigenvalue weighted by atomic mass is 9.96. The van der Waals surface area contributed by atoms with Gasteiger partial charge in [0.2, 0.25) is 0 Å². The summed E-state index contributed by atoms with van der Waals surface area (Å²) < 4.78 is 7.11. The molecule has 0 aliphatic heterocycles. The van der Waals surface area contributed by atoms with E-state index in [1.54, 1.807) is 4.68 Å². The van der Waals surface area contributed by atoms with Gasteiger partial charge in [-0.3, -0.25) is 9.48 Å². The van der Waals surface area contributed by atoms with Crippen molar-refractivity contribution in [1.29, 1.82) is 0 Å². The Morgan fingerprint density at radius 1 is 1.19 bits per heavy atom. The van der Waals surface area contributed by atoms with Gasteiger partial charge in [-0.25, -0.2) is 0 Å². The third kappa shape index (κ3) is 3.40. The summed E-state index contributed by atoms with van der Waals surface area (Å²) in [4.78, 5) is 12.4. The molecule has 26 heavy (non-hydrogen) atoms. The Kier molecular flexibility index (Phi) is 4.56. The zero-order chi connectivity index (χ0) is 17.9. The van der Waals surface area contributed by atoms with Crippen molar-refractivity contribution in [2.45, 2.75) is 32.1 Å². The van der Waals surface area contributed by atoms with Crippen LogP contribution in [0, 0.1) is 0 Å². The van der Waals surface area contributed by atoms with Gasteiger partial charge in [-0.15, -0.1) is 0 Å². The highest BCUT2D eigenvalue weighted by atomic mass is 16.5. The summed E-state index contributed by atoms with van der Waals surface area (Å²) >= 11 is 0. The van der Waals surface area contributed by atoms with E-state index in [1.165, 1.54) is 5.56 Å². The van der Waals surface area contributed by atoms with Gasteiger partial charge in [0.1, 0.15) is 5.76 Å². The Labute approximate surface area is 152 Å². The number of hydrogen-bond acceptors (Lipinski definition) is 4. The fraction of sp³-hybridized carbons (Fsp3) is 0.350. The van der Waals surface area contributed by atoms with E-state index in [2.05, 4.69) is 39.8 Å². The summed E-state index contributed by atoms with van der Waals surface area (Å²) in [5.41, 5.74) is 4.88. The minimum atomic E-state index is -0.135. The Hall–Kier alpha value is -2.89. The monoisotopic (exact) mass is 350 g/mol. The summed E-state index contributed by atoms with van der Waals surface area (Å²) in [7, 11) is 1.91. The molecule has 6 nitrogen and oxygen atoms in total. The van der Waals surface area contributed by atoms with Crippen LogP contribution in [0.15, 0.2) is 41.2 Å². The molecular formula is C20H22N4O2. The third-order valence-corrected chi connectivity index (χ3v) is 4.86. The van der Waals surface area contributed by atoms with Crippen molar-refractivity contribution in [3.05, 3.63) is 59.2 Å². The number of rotatable bonds is 5. The minimum Gasteiger partial charge on any atom is -0.360 e. The highest BCUT2D eigenvalue weighted by Gasteiger charge is 2.23. The number of carbonyl (C=O) groups excluding carboxylic acids is 1. The van der Waals surface area contributed by atoms with Crippen LogP contribution in [0.25, 0.3) is 11.1 Å². The first-order valence-electron chi connectivity index (χ1n) is 9.04. The van der Waals surface area contributed by atoms with Gasteiger partial charge in [0.05, 0.1) is 6.20 Å². The summed E-state index contributed by atoms with van der Waals surface area (Å²) in [6.45, 7) is 0.576. The maximum atomic E-state index is 12.4. The molecule has 0 fully saturated rings. The van der Waals surface area contributed by atoms with Gasteiger partial charge < -0.3 is 9.84 Å². The molecule has 2 heterocycles. The lowest BCUT2D eigenvalue weighted by Gasteiger charge is -2.09. The largest absolute Gasteiger partial charge is 0.360 e. The molecule has 3 aromatic rings. The number of nitrogens with zero attached hydrogens (tertiary/aromatic N) is 3. The molecule has 1 aromatic carbocycles. The number of benzene rings is 1. The van der Waals surface area contributed by atoms with E-state index in [0.717, 1.165) is 54.6 Å². The van der Waals surface area contributed by atoms with E-state index >= 15 is 0 Å². The minimum absolute atomic E-state index is 0.135. The first-order chi connectivity index (χ1) is 12.7. The third-order valence-electron chi connectivity index (χ3n) is 4.86. The van der Waals surface area contributed by atoms with Crippen LogP contribution in [0.4, 0.5) is 0 Å². The Morgan fingerprint density at radius 2 is 2.00 bits per heavy atom. The number of aromatic nitrogens is 3. The van der Waals surface area contributed by atoms with Crippen molar-refractivity contribution in [3.63, 3.8) is 0 Å². The molecule has 0 spiro atoms. The molecule has 1 aliphatic carbocycles. The zero-order valence-electron chi connectivity index (χ0n) is 14.9. The Balaban J connectivity index is 1.33. The number of amides is 1. The van der Waals surface area contributed by atoms with Crippen molar-refractivity contribution in [1.82, 2.24) is 20.3 Å². The summed E-state index contributed by atoms with van der Waals surface area (Å²) in [6.07, 6.45) is 8.60. The number of carbonyl (C=O) groups is 1. The molecular weight excluding hydrogens is 328 g/mol. The molecule has 1 N–H and O–H groups in total. The van der Waals surface area contributed by atoms with E-state index < -0.39 is 0 Å². The normalized spacial score (nSPS) is 13.4. The van der Waals surface area contributed by atoms with E-state index in [0.29, 0.717) is 12.2 Å². The van der Waals surface area contributed by atoms with Gasteiger partial charge in [-0.2, -0.15) is 5.10 Å². The van der Waals surface area contributed by atoms with Gasteiger partial charge in [0.25, 0.3) is 5.91 Å². The highest BCUT2D eigenvalue weighted by molar-refractivity contribution is 5.93. The molecule has 1 amide bonds. The Morgan fingerprint density at radius 3 is 2.77 bits per heavy atom.